The highest BCUT2D eigenvalue weighted by molar-refractivity contribution is 9.10. The number of rotatable bonds is 3. The Kier molecular flexibility index (Phi) is 3.71. The number of halogens is 1. The monoisotopic (exact) mass is 244 g/mol. The molecule has 3 nitrogen and oxygen atoms in total. The number of hydrogen-bond donors (Lipinski definition) is 3. The lowest BCUT2D eigenvalue weighted by Crippen LogP contribution is -2.27. The van der Waals surface area contributed by atoms with Crippen LogP contribution >= 0.6 is 15.9 Å². The molecule has 4 heteroatoms. The van der Waals surface area contributed by atoms with Gasteiger partial charge in [0.1, 0.15) is 5.75 Å². The van der Waals surface area contributed by atoms with E-state index < -0.39 is 0 Å². The summed E-state index contributed by atoms with van der Waals surface area (Å²) in [5.74, 6) is 5.63. The van der Waals surface area contributed by atoms with Crippen LogP contribution in [-0.2, 0) is 0 Å². The summed E-state index contributed by atoms with van der Waals surface area (Å²) in [7, 11) is 0. The Labute approximate surface area is 86.0 Å². The predicted octanol–water partition coefficient (Wildman–Crippen LogP) is 2.07. The first-order valence-electron chi connectivity index (χ1n) is 4.13. The third kappa shape index (κ3) is 2.43. The van der Waals surface area contributed by atoms with Gasteiger partial charge in [0.2, 0.25) is 0 Å². The Morgan fingerprint density at radius 1 is 1.62 bits per heavy atom. The van der Waals surface area contributed by atoms with Crippen molar-refractivity contribution in [3.63, 3.8) is 0 Å². The summed E-state index contributed by atoms with van der Waals surface area (Å²) in [6, 6.07) is 5.31. The van der Waals surface area contributed by atoms with Crippen LogP contribution in [0.4, 0.5) is 0 Å². The molecule has 1 aromatic rings. The number of nitrogens with two attached hydrogens (primary N) is 1. The first kappa shape index (κ1) is 10.5. The zero-order valence-electron chi connectivity index (χ0n) is 7.42. The highest BCUT2D eigenvalue weighted by Crippen LogP contribution is 2.28. The summed E-state index contributed by atoms with van der Waals surface area (Å²) in [6.45, 7) is 2.00. The molecule has 0 bridgehead atoms. The van der Waals surface area contributed by atoms with E-state index in [-0.39, 0.29) is 11.8 Å². The van der Waals surface area contributed by atoms with Crippen LogP contribution in [0.1, 0.15) is 24.9 Å². The van der Waals surface area contributed by atoms with Crippen LogP contribution in [0.25, 0.3) is 0 Å². The van der Waals surface area contributed by atoms with Crippen molar-refractivity contribution in [2.24, 2.45) is 5.84 Å². The number of hydrazine groups is 1. The van der Waals surface area contributed by atoms with E-state index in [1.54, 1.807) is 12.1 Å². The Balaban J connectivity index is 3.03. The molecule has 72 valence electrons. The molecule has 1 aromatic carbocycles. The molecule has 0 aromatic heterocycles. The molecule has 0 aliphatic heterocycles. The van der Waals surface area contributed by atoms with Gasteiger partial charge < -0.3 is 5.11 Å². The molecule has 0 heterocycles. The van der Waals surface area contributed by atoms with Crippen molar-refractivity contribution in [3.05, 3.63) is 28.2 Å². The van der Waals surface area contributed by atoms with Crippen molar-refractivity contribution >= 4 is 15.9 Å². The van der Waals surface area contributed by atoms with E-state index in [2.05, 4.69) is 21.4 Å². The lowest BCUT2D eigenvalue weighted by atomic mass is 10.0. The smallest absolute Gasteiger partial charge is 0.120 e. The molecule has 0 aliphatic rings. The Hall–Kier alpha value is -0.580. The van der Waals surface area contributed by atoms with E-state index in [9.17, 15) is 5.11 Å². The Morgan fingerprint density at radius 2 is 2.31 bits per heavy atom. The molecule has 0 saturated heterocycles. The second-order valence-electron chi connectivity index (χ2n) is 2.83. The normalized spacial score (nSPS) is 12.8. The highest BCUT2D eigenvalue weighted by Gasteiger charge is 2.11. The standard InChI is InChI=1S/C9H13BrN2O/c1-2-8(12-11)7-5-6(10)3-4-9(7)13/h3-5,8,12-13H,2,11H2,1H3/t8-/m0/s1. The third-order valence-electron chi connectivity index (χ3n) is 1.97. The fraction of sp³-hybridized carbons (Fsp3) is 0.333. The van der Waals surface area contributed by atoms with Crippen molar-refractivity contribution in [2.75, 3.05) is 0 Å². The maximum atomic E-state index is 9.55. The van der Waals surface area contributed by atoms with Gasteiger partial charge in [0.15, 0.2) is 0 Å². The average molecular weight is 245 g/mol. The molecule has 0 amide bonds. The largest absolute Gasteiger partial charge is 0.508 e. The maximum Gasteiger partial charge on any atom is 0.120 e. The van der Waals surface area contributed by atoms with E-state index in [0.29, 0.717) is 0 Å². The van der Waals surface area contributed by atoms with E-state index in [1.165, 1.54) is 0 Å². The van der Waals surface area contributed by atoms with Crippen LogP contribution in [-0.4, -0.2) is 5.11 Å². The first-order chi connectivity index (χ1) is 6.19. The van der Waals surface area contributed by atoms with Gasteiger partial charge in [-0.15, -0.1) is 0 Å². The number of hydrogen-bond acceptors (Lipinski definition) is 3. The molecule has 0 fully saturated rings. The molecule has 0 spiro atoms. The summed E-state index contributed by atoms with van der Waals surface area (Å²) in [5, 5.41) is 9.55. The summed E-state index contributed by atoms with van der Waals surface area (Å²) in [6.07, 6.45) is 0.834. The molecule has 1 rings (SSSR count). The fourth-order valence-corrected chi connectivity index (χ4v) is 1.61. The zero-order valence-corrected chi connectivity index (χ0v) is 9.01. The summed E-state index contributed by atoms with van der Waals surface area (Å²) in [5.41, 5.74) is 3.47. The quantitative estimate of drug-likeness (QED) is 0.564. The van der Waals surface area contributed by atoms with Crippen LogP contribution in [0.3, 0.4) is 0 Å². The van der Waals surface area contributed by atoms with Gasteiger partial charge in [0.05, 0.1) is 0 Å². The van der Waals surface area contributed by atoms with E-state index >= 15 is 0 Å². The number of aromatic hydroxyl groups is 1. The van der Waals surface area contributed by atoms with Crippen LogP contribution in [0.5, 0.6) is 5.75 Å². The van der Waals surface area contributed by atoms with E-state index in [0.717, 1.165) is 16.5 Å². The molecule has 0 aliphatic carbocycles. The van der Waals surface area contributed by atoms with Gasteiger partial charge in [0, 0.05) is 16.1 Å². The van der Waals surface area contributed by atoms with Gasteiger partial charge in [-0.3, -0.25) is 11.3 Å². The highest BCUT2D eigenvalue weighted by atomic mass is 79.9. The van der Waals surface area contributed by atoms with Crippen molar-refractivity contribution in [3.8, 4) is 5.75 Å². The van der Waals surface area contributed by atoms with E-state index in [1.807, 2.05) is 13.0 Å². The topological polar surface area (TPSA) is 58.3 Å². The summed E-state index contributed by atoms with van der Waals surface area (Å²) < 4.78 is 0.939. The minimum absolute atomic E-state index is 0.00231. The van der Waals surface area contributed by atoms with Crippen molar-refractivity contribution in [2.45, 2.75) is 19.4 Å². The van der Waals surface area contributed by atoms with Crippen LogP contribution in [0, 0.1) is 0 Å². The molecule has 4 N–H and O–H groups in total. The molecule has 0 saturated carbocycles. The second-order valence-corrected chi connectivity index (χ2v) is 3.75. The van der Waals surface area contributed by atoms with Gasteiger partial charge >= 0.3 is 0 Å². The van der Waals surface area contributed by atoms with Gasteiger partial charge in [-0.2, -0.15) is 0 Å². The SMILES string of the molecule is CC[C@H](NN)c1cc(Br)ccc1O. The Bertz CT molecular complexity index is 287. The van der Waals surface area contributed by atoms with Gasteiger partial charge in [-0.05, 0) is 24.6 Å². The molecule has 13 heavy (non-hydrogen) atoms. The average Bonchev–Trinajstić information content (AvgIpc) is 2.13. The first-order valence-corrected chi connectivity index (χ1v) is 4.93. The molecule has 0 radical (unpaired) electrons. The van der Waals surface area contributed by atoms with Gasteiger partial charge in [-0.1, -0.05) is 22.9 Å². The molecule has 0 unspecified atom stereocenters. The number of benzene rings is 1. The van der Waals surface area contributed by atoms with Crippen LogP contribution < -0.4 is 11.3 Å². The van der Waals surface area contributed by atoms with Crippen LogP contribution in [0.2, 0.25) is 0 Å². The summed E-state index contributed by atoms with van der Waals surface area (Å²) in [4.78, 5) is 0. The Morgan fingerprint density at radius 3 is 2.85 bits per heavy atom. The predicted molar refractivity (Wildman–Crippen MR) is 56.2 cm³/mol. The number of nitrogens with one attached hydrogen (secondary N) is 1. The third-order valence-corrected chi connectivity index (χ3v) is 2.47. The van der Waals surface area contributed by atoms with Crippen molar-refractivity contribution in [1.29, 1.82) is 0 Å². The molecular weight excluding hydrogens is 232 g/mol. The lowest BCUT2D eigenvalue weighted by molar-refractivity contribution is 0.444. The van der Waals surface area contributed by atoms with Gasteiger partial charge in [0.25, 0.3) is 0 Å². The fourth-order valence-electron chi connectivity index (χ4n) is 1.23. The number of phenolic OH excluding ortho intramolecular Hbond substituents is 1. The van der Waals surface area contributed by atoms with E-state index in [4.69, 9.17) is 5.84 Å². The lowest BCUT2D eigenvalue weighted by Gasteiger charge is -2.15. The molecular formula is C9H13BrN2O. The van der Waals surface area contributed by atoms with Crippen LogP contribution in [0.15, 0.2) is 22.7 Å². The van der Waals surface area contributed by atoms with Crippen molar-refractivity contribution < 1.29 is 5.11 Å². The number of phenols is 1. The minimum Gasteiger partial charge on any atom is -0.508 e. The maximum absolute atomic E-state index is 9.55. The van der Waals surface area contributed by atoms with Gasteiger partial charge in [-0.25, -0.2) is 0 Å². The van der Waals surface area contributed by atoms with Crippen molar-refractivity contribution in [1.82, 2.24) is 5.43 Å². The second kappa shape index (κ2) is 4.60. The minimum atomic E-state index is -0.00231. The molecule has 1 atom stereocenters. The summed E-state index contributed by atoms with van der Waals surface area (Å²) >= 11 is 3.34. The zero-order chi connectivity index (χ0) is 9.84.